The molecule has 7 nitrogen and oxygen atoms in total. The molecule has 1 unspecified atom stereocenters. The number of hydrogen-bond acceptors (Lipinski definition) is 6. The molecule has 0 fully saturated rings. The van der Waals surface area contributed by atoms with E-state index in [1.54, 1.807) is 37.3 Å². The lowest BCUT2D eigenvalue weighted by Crippen LogP contribution is -2.51. The van der Waals surface area contributed by atoms with Crippen LogP contribution in [0.5, 0.6) is 0 Å². The minimum Gasteiger partial charge on any atom is -0.429 e. The Hall–Kier alpha value is -2.49. The molecular weight excluding hydrogens is 409 g/mol. The Labute approximate surface area is 175 Å². The molecule has 0 saturated carbocycles. The lowest BCUT2D eigenvalue weighted by molar-refractivity contribution is -0.0374. The van der Waals surface area contributed by atoms with Gasteiger partial charge in [-0.15, -0.1) is 5.10 Å². The van der Waals surface area contributed by atoms with Gasteiger partial charge in [0.25, 0.3) is 6.41 Å². The maximum atomic E-state index is 14.9. The van der Waals surface area contributed by atoms with Gasteiger partial charge in [0, 0.05) is 12.5 Å². The number of hydrazone groups is 1. The van der Waals surface area contributed by atoms with Crippen molar-refractivity contribution in [2.75, 3.05) is 6.54 Å². The van der Waals surface area contributed by atoms with Gasteiger partial charge < -0.3 is 9.84 Å². The number of halogens is 1. The smallest absolute Gasteiger partial charge is 0.295 e. The van der Waals surface area contributed by atoms with Gasteiger partial charge in [0.2, 0.25) is 15.9 Å². The summed E-state index contributed by atoms with van der Waals surface area (Å²) in [5.41, 5.74) is 5.18. The van der Waals surface area contributed by atoms with E-state index in [2.05, 4.69) is 10.5 Å². The predicted molar refractivity (Wildman–Crippen MR) is 110 cm³/mol. The highest BCUT2D eigenvalue weighted by molar-refractivity contribution is 7.89. The van der Waals surface area contributed by atoms with Crippen molar-refractivity contribution in [3.63, 3.8) is 0 Å². The van der Waals surface area contributed by atoms with Crippen LogP contribution in [0.3, 0.4) is 0 Å². The molecule has 2 aromatic carbocycles. The number of aryl methyl sites for hydroxylation is 1. The van der Waals surface area contributed by atoms with Gasteiger partial charge >= 0.3 is 0 Å². The second kappa shape index (κ2) is 7.64. The molecule has 0 amide bonds. The summed E-state index contributed by atoms with van der Waals surface area (Å²) in [7, 11) is -3.89. The second-order valence-corrected chi connectivity index (χ2v) is 9.52. The number of hydrogen-bond donors (Lipinski definition) is 2. The van der Waals surface area contributed by atoms with E-state index in [4.69, 9.17) is 4.74 Å². The summed E-state index contributed by atoms with van der Waals surface area (Å²) in [4.78, 5) is 0.224. The van der Waals surface area contributed by atoms with Gasteiger partial charge in [-0.1, -0.05) is 31.2 Å². The number of ether oxygens (including phenoxy) is 1. The fraction of sp³-hybridized carbons (Fsp3) is 0.381. The minimum absolute atomic E-state index is 0.0123. The van der Waals surface area contributed by atoms with Crippen LogP contribution in [0.2, 0.25) is 0 Å². The maximum absolute atomic E-state index is 14.9. The highest BCUT2D eigenvalue weighted by Gasteiger charge is 2.44. The van der Waals surface area contributed by atoms with Crippen LogP contribution in [-0.2, 0) is 21.2 Å². The molecule has 2 aliphatic rings. The molecule has 0 spiro atoms. The predicted octanol–water partition coefficient (Wildman–Crippen LogP) is 2.37. The van der Waals surface area contributed by atoms with Crippen molar-refractivity contribution in [1.29, 1.82) is 0 Å². The van der Waals surface area contributed by atoms with E-state index in [0.717, 1.165) is 16.7 Å². The number of aliphatic hydroxyl groups excluding tert-OH is 1. The van der Waals surface area contributed by atoms with Gasteiger partial charge in [-0.2, -0.15) is 4.31 Å². The van der Waals surface area contributed by atoms with Crippen LogP contribution < -0.4 is 5.43 Å². The molecule has 9 heteroatoms. The van der Waals surface area contributed by atoms with E-state index in [0.29, 0.717) is 12.0 Å². The van der Waals surface area contributed by atoms with Crippen LogP contribution >= 0.6 is 0 Å². The zero-order valence-corrected chi connectivity index (χ0v) is 17.8. The van der Waals surface area contributed by atoms with Crippen molar-refractivity contribution >= 4 is 15.9 Å². The summed E-state index contributed by atoms with van der Waals surface area (Å²) in [6.45, 7) is 5.63. The first-order valence-corrected chi connectivity index (χ1v) is 11.2. The molecule has 2 aromatic rings. The van der Waals surface area contributed by atoms with Gasteiger partial charge in [0.15, 0.2) is 0 Å². The minimum atomic E-state index is -3.89. The molecule has 0 radical (unpaired) electrons. The topological polar surface area (TPSA) is 91.2 Å². The normalized spacial score (nSPS) is 22.4. The SMILES string of the molecule is Cc1ccc(F)c([C@@H](C)[C@@H](C2=NNC(O)O2)N2CCc3ccccc3S2(=O)=O)c1C. The van der Waals surface area contributed by atoms with Crippen LogP contribution in [0.1, 0.15) is 35.1 Å². The average molecular weight is 434 g/mol. The number of aliphatic hydroxyl groups is 1. The molecular formula is C21H24FN3O4S. The number of nitrogens with zero attached hydrogens (tertiary/aromatic N) is 2. The van der Waals surface area contributed by atoms with Crippen LogP contribution in [0.15, 0.2) is 46.4 Å². The van der Waals surface area contributed by atoms with Crippen LogP contribution in [0, 0.1) is 19.7 Å². The highest BCUT2D eigenvalue weighted by Crippen LogP contribution is 2.36. The Kier molecular flexibility index (Phi) is 5.29. The molecule has 0 aromatic heterocycles. The van der Waals surface area contributed by atoms with Gasteiger partial charge in [-0.3, -0.25) is 0 Å². The number of nitrogens with one attached hydrogen (secondary N) is 1. The first-order valence-electron chi connectivity index (χ1n) is 9.75. The Morgan fingerprint density at radius 2 is 2.00 bits per heavy atom. The summed E-state index contributed by atoms with van der Waals surface area (Å²) in [5.74, 6) is -1.02. The number of fused-ring (bicyclic) bond motifs is 1. The average Bonchev–Trinajstić information content (AvgIpc) is 3.13. The molecule has 2 heterocycles. The standard InChI is InChI=1S/C21H24FN3O4S/c1-12-8-9-16(22)18(13(12)2)14(3)19(20-23-24-21(26)29-20)25-11-10-15-6-4-5-7-17(15)30(25,27)28/h4-9,14,19,21,24,26H,10-11H2,1-3H3/t14-,19+,21?/m1/s1. The van der Waals surface area contributed by atoms with Crippen molar-refractivity contribution in [2.45, 2.75) is 50.5 Å². The van der Waals surface area contributed by atoms with E-state index in [1.807, 2.05) is 13.8 Å². The summed E-state index contributed by atoms with van der Waals surface area (Å²) in [6.07, 6.45) is -0.866. The summed E-state index contributed by atoms with van der Waals surface area (Å²) in [6, 6.07) is 9.00. The van der Waals surface area contributed by atoms with Crippen molar-refractivity contribution in [1.82, 2.24) is 9.73 Å². The lowest BCUT2D eigenvalue weighted by atomic mass is 9.87. The summed E-state index contributed by atoms with van der Waals surface area (Å²) < 4.78 is 48.6. The quantitative estimate of drug-likeness (QED) is 0.773. The Bertz CT molecular complexity index is 1120. The van der Waals surface area contributed by atoms with Crippen molar-refractivity contribution < 1.29 is 22.7 Å². The van der Waals surface area contributed by atoms with Crippen LogP contribution in [0.4, 0.5) is 4.39 Å². The highest BCUT2D eigenvalue weighted by atomic mass is 32.2. The fourth-order valence-electron chi connectivity index (χ4n) is 4.26. The Morgan fingerprint density at radius 3 is 2.70 bits per heavy atom. The molecule has 2 N–H and O–H groups in total. The van der Waals surface area contributed by atoms with Gasteiger partial charge in [-0.05, 0) is 54.7 Å². The molecule has 0 bridgehead atoms. The van der Waals surface area contributed by atoms with Crippen molar-refractivity contribution in [3.8, 4) is 0 Å². The molecule has 4 rings (SSSR count). The Morgan fingerprint density at radius 1 is 1.27 bits per heavy atom. The molecule has 30 heavy (non-hydrogen) atoms. The number of benzene rings is 2. The van der Waals surface area contributed by atoms with Gasteiger partial charge in [0.1, 0.15) is 11.9 Å². The van der Waals surface area contributed by atoms with E-state index in [9.17, 15) is 17.9 Å². The molecule has 2 aliphatic heterocycles. The van der Waals surface area contributed by atoms with E-state index in [1.165, 1.54) is 10.4 Å². The zero-order chi connectivity index (χ0) is 21.6. The third kappa shape index (κ3) is 3.36. The second-order valence-electron chi connectivity index (χ2n) is 7.66. The fourth-order valence-corrected chi connectivity index (χ4v) is 6.17. The largest absolute Gasteiger partial charge is 0.429 e. The molecule has 0 aliphatic carbocycles. The molecule has 0 saturated heterocycles. The monoisotopic (exact) mass is 433 g/mol. The van der Waals surface area contributed by atoms with E-state index < -0.39 is 34.2 Å². The van der Waals surface area contributed by atoms with E-state index in [-0.39, 0.29) is 17.3 Å². The number of rotatable bonds is 4. The maximum Gasteiger partial charge on any atom is 0.295 e. The lowest BCUT2D eigenvalue weighted by Gasteiger charge is -2.37. The summed E-state index contributed by atoms with van der Waals surface area (Å²) >= 11 is 0. The number of sulfonamides is 1. The van der Waals surface area contributed by atoms with E-state index >= 15 is 0 Å². The first-order chi connectivity index (χ1) is 14.2. The van der Waals surface area contributed by atoms with Crippen molar-refractivity contribution in [2.24, 2.45) is 5.10 Å². The molecule has 3 atom stereocenters. The third-order valence-corrected chi connectivity index (χ3v) is 7.88. The summed E-state index contributed by atoms with van der Waals surface area (Å²) in [5, 5.41) is 13.8. The van der Waals surface area contributed by atoms with Crippen LogP contribution in [0.25, 0.3) is 0 Å². The first kappa shape index (κ1) is 20.8. The van der Waals surface area contributed by atoms with Gasteiger partial charge in [-0.25, -0.2) is 18.2 Å². The van der Waals surface area contributed by atoms with Gasteiger partial charge in [0.05, 0.1) is 4.90 Å². The van der Waals surface area contributed by atoms with Crippen LogP contribution in [-0.4, -0.2) is 42.7 Å². The van der Waals surface area contributed by atoms with Crippen molar-refractivity contribution in [3.05, 3.63) is 64.5 Å². The molecule has 160 valence electrons. The third-order valence-electron chi connectivity index (χ3n) is 5.90. The Balaban J connectivity index is 1.84. The zero-order valence-electron chi connectivity index (χ0n) is 17.0.